The van der Waals surface area contributed by atoms with Crippen molar-refractivity contribution in [2.75, 3.05) is 6.54 Å². The summed E-state index contributed by atoms with van der Waals surface area (Å²) in [4.78, 5) is 12.7. The maximum atomic E-state index is 12.7. The Hall–Kier alpha value is -1.07. The van der Waals surface area contributed by atoms with Crippen molar-refractivity contribution < 1.29 is 15.0 Å². The number of hydrogen-bond acceptors (Lipinski definition) is 3. The third kappa shape index (κ3) is 4.31. The van der Waals surface area contributed by atoms with Gasteiger partial charge in [-0.05, 0) is 60.8 Å². The summed E-state index contributed by atoms with van der Waals surface area (Å²) in [7, 11) is 0. The van der Waals surface area contributed by atoms with E-state index in [1.54, 1.807) is 18.2 Å². The van der Waals surface area contributed by atoms with Crippen LogP contribution in [0.2, 0.25) is 0 Å². The van der Waals surface area contributed by atoms with Gasteiger partial charge in [-0.3, -0.25) is 4.79 Å². The van der Waals surface area contributed by atoms with Crippen molar-refractivity contribution in [2.24, 2.45) is 17.8 Å². The summed E-state index contributed by atoms with van der Waals surface area (Å²) in [5.41, 5.74) is -0.346. The van der Waals surface area contributed by atoms with E-state index in [2.05, 4.69) is 42.0 Å². The van der Waals surface area contributed by atoms with Gasteiger partial charge in [-0.15, -0.1) is 0 Å². The largest absolute Gasteiger partial charge is 0.508 e. The van der Waals surface area contributed by atoms with Gasteiger partial charge in [0.05, 0.1) is 0 Å². The topological polar surface area (TPSA) is 69.6 Å². The molecule has 5 heteroatoms. The molecule has 0 spiro atoms. The smallest absolute Gasteiger partial charge is 0.252 e. The maximum Gasteiger partial charge on any atom is 0.252 e. The van der Waals surface area contributed by atoms with Crippen LogP contribution in [0.3, 0.4) is 0 Å². The van der Waals surface area contributed by atoms with E-state index in [-0.39, 0.29) is 23.5 Å². The van der Waals surface area contributed by atoms with Crippen LogP contribution in [0.15, 0.2) is 22.7 Å². The van der Waals surface area contributed by atoms with Crippen LogP contribution in [0.25, 0.3) is 0 Å². The maximum absolute atomic E-state index is 12.7. The molecule has 3 atom stereocenters. The predicted octanol–water partition coefficient (Wildman–Crippen LogP) is 3.64. The fourth-order valence-corrected chi connectivity index (χ4v) is 4.29. The van der Waals surface area contributed by atoms with Gasteiger partial charge >= 0.3 is 0 Å². The third-order valence-electron chi connectivity index (χ3n) is 5.15. The van der Waals surface area contributed by atoms with Crippen LogP contribution in [0, 0.1) is 17.8 Å². The van der Waals surface area contributed by atoms with E-state index in [4.69, 9.17) is 0 Å². The molecule has 1 aromatic rings. The highest BCUT2D eigenvalue weighted by Gasteiger charge is 2.48. The second-order valence-electron chi connectivity index (χ2n) is 7.44. The van der Waals surface area contributed by atoms with Crippen LogP contribution in [-0.2, 0) is 11.2 Å². The lowest BCUT2D eigenvalue weighted by atomic mass is 9.66. The zero-order valence-corrected chi connectivity index (χ0v) is 16.3. The Morgan fingerprint density at radius 1 is 1.42 bits per heavy atom. The number of nitrogens with one attached hydrogen (secondary N) is 1. The summed E-state index contributed by atoms with van der Waals surface area (Å²) >= 11 is 3.45. The Balaban J connectivity index is 2.00. The number of phenols is 1. The monoisotopic (exact) mass is 397 g/mol. The van der Waals surface area contributed by atoms with Gasteiger partial charge in [-0.25, -0.2) is 0 Å². The predicted molar refractivity (Wildman–Crippen MR) is 98.8 cm³/mol. The molecule has 2 rings (SSSR count). The zero-order chi connectivity index (χ0) is 17.9. The molecule has 3 N–H and O–H groups in total. The summed E-state index contributed by atoms with van der Waals surface area (Å²) in [5, 5.41) is 23.5. The molecule has 0 heterocycles. The van der Waals surface area contributed by atoms with Gasteiger partial charge in [0.2, 0.25) is 0 Å². The molecule has 1 aliphatic rings. The fourth-order valence-electron chi connectivity index (χ4n) is 3.85. The number of carbonyl (C=O) groups is 1. The average Bonchev–Trinajstić information content (AvgIpc) is 2.50. The first kappa shape index (κ1) is 19.3. The average molecular weight is 398 g/mol. The first-order valence-corrected chi connectivity index (χ1v) is 9.51. The minimum Gasteiger partial charge on any atom is -0.508 e. The standard InChI is InChI=1S/C19H28BrNO3/c1-12(2)16-6-4-13(3)11-19(16,24)18(23)21-9-8-14-10-15(22)5-7-17(14)20/h5,7,10,12-13,16,22,24H,4,6,8-9,11H2,1-3H3,(H,21,23)/t13?,16?,19-/m1/s1. The van der Waals surface area contributed by atoms with Crippen LogP contribution >= 0.6 is 15.9 Å². The lowest BCUT2D eigenvalue weighted by molar-refractivity contribution is -0.155. The summed E-state index contributed by atoms with van der Waals surface area (Å²) in [6, 6.07) is 5.09. The van der Waals surface area contributed by atoms with E-state index in [9.17, 15) is 15.0 Å². The van der Waals surface area contributed by atoms with Crippen molar-refractivity contribution in [1.29, 1.82) is 0 Å². The molecule has 0 aliphatic heterocycles. The highest BCUT2D eigenvalue weighted by molar-refractivity contribution is 9.10. The summed E-state index contributed by atoms with van der Waals surface area (Å²) in [6.07, 6.45) is 3.08. The lowest BCUT2D eigenvalue weighted by Gasteiger charge is -2.43. The van der Waals surface area contributed by atoms with Crippen LogP contribution in [0.1, 0.15) is 45.6 Å². The number of aliphatic hydroxyl groups is 1. The number of benzene rings is 1. The Kier molecular flexibility index (Phi) is 6.32. The Labute approximate surface area is 152 Å². The number of aromatic hydroxyl groups is 1. The lowest BCUT2D eigenvalue weighted by Crippen LogP contribution is -2.56. The van der Waals surface area contributed by atoms with Crippen LogP contribution in [0.5, 0.6) is 5.75 Å². The molecule has 0 aromatic heterocycles. The van der Waals surface area contributed by atoms with Crippen molar-refractivity contribution >= 4 is 21.8 Å². The molecule has 1 aromatic carbocycles. The van der Waals surface area contributed by atoms with Gasteiger partial charge in [0.1, 0.15) is 11.4 Å². The number of rotatable bonds is 5. The molecule has 0 radical (unpaired) electrons. The number of halogens is 1. The first-order valence-electron chi connectivity index (χ1n) is 8.72. The molecule has 1 fully saturated rings. The molecule has 1 saturated carbocycles. The molecular formula is C19H28BrNO3. The van der Waals surface area contributed by atoms with Gasteiger partial charge < -0.3 is 15.5 Å². The van der Waals surface area contributed by atoms with Crippen LogP contribution in [-0.4, -0.2) is 28.3 Å². The molecule has 1 aliphatic carbocycles. The Morgan fingerprint density at radius 3 is 2.79 bits per heavy atom. The minimum atomic E-state index is -1.28. The molecule has 4 nitrogen and oxygen atoms in total. The van der Waals surface area contributed by atoms with E-state index >= 15 is 0 Å². The van der Waals surface area contributed by atoms with Crippen LogP contribution < -0.4 is 5.32 Å². The van der Waals surface area contributed by atoms with Gasteiger partial charge in [-0.1, -0.05) is 43.1 Å². The molecule has 2 unspecified atom stereocenters. The molecule has 24 heavy (non-hydrogen) atoms. The van der Waals surface area contributed by atoms with Crippen molar-refractivity contribution in [2.45, 2.75) is 52.1 Å². The van der Waals surface area contributed by atoms with E-state index in [0.717, 1.165) is 22.9 Å². The van der Waals surface area contributed by atoms with E-state index in [1.807, 2.05) is 0 Å². The third-order valence-corrected chi connectivity index (χ3v) is 5.92. The van der Waals surface area contributed by atoms with Crippen molar-refractivity contribution in [3.63, 3.8) is 0 Å². The van der Waals surface area contributed by atoms with Crippen molar-refractivity contribution in [3.05, 3.63) is 28.2 Å². The van der Waals surface area contributed by atoms with E-state index < -0.39 is 5.60 Å². The van der Waals surface area contributed by atoms with Gasteiger partial charge in [0.25, 0.3) is 5.91 Å². The van der Waals surface area contributed by atoms with Gasteiger partial charge in [0.15, 0.2) is 0 Å². The molecule has 1 amide bonds. The SMILES string of the molecule is CC1CCC(C(C)C)[C@@](O)(C(=O)NCCc2cc(O)ccc2Br)C1. The number of phenolic OH excluding ortho intramolecular Hbond substituents is 1. The van der Waals surface area contributed by atoms with E-state index in [1.165, 1.54) is 0 Å². The number of hydrogen-bond donors (Lipinski definition) is 3. The van der Waals surface area contributed by atoms with Crippen LogP contribution in [0.4, 0.5) is 0 Å². The quantitative estimate of drug-likeness (QED) is 0.710. The second-order valence-corrected chi connectivity index (χ2v) is 8.30. The second kappa shape index (κ2) is 7.87. The minimum absolute atomic E-state index is 0.00112. The molecular weight excluding hydrogens is 370 g/mol. The fraction of sp³-hybridized carbons (Fsp3) is 0.632. The first-order chi connectivity index (χ1) is 11.2. The van der Waals surface area contributed by atoms with Gasteiger partial charge in [0, 0.05) is 11.0 Å². The molecule has 134 valence electrons. The highest BCUT2D eigenvalue weighted by atomic mass is 79.9. The van der Waals surface area contributed by atoms with Gasteiger partial charge in [-0.2, -0.15) is 0 Å². The Bertz CT molecular complexity index is 590. The normalized spacial score (nSPS) is 27.2. The van der Waals surface area contributed by atoms with Crippen molar-refractivity contribution in [1.82, 2.24) is 5.32 Å². The summed E-state index contributed by atoms with van der Waals surface area (Å²) in [5.74, 6) is 0.578. The number of amides is 1. The summed E-state index contributed by atoms with van der Waals surface area (Å²) in [6.45, 7) is 6.67. The van der Waals surface area contributed by atoms with Crippen molar-refractivity contribution in [3.8, 4) is 5.75 Å². The molecule has 0 saturated heterocycles. The van der Waals surface area contributed by atoms with E-state index in [0.29, 0.717) is 25.3 Å². The number of carbonyl (C=O) groups excluding carboxylic acids is 1. The zero-order valence-electron chi connectivity index (χ0n) is 14.7. The highest BCUT2D eigenvalue weighted by Crippen LogP contribution is 2.41. The summed E-state index contributed by atoms with van der Waals surface area (Å²) < 4.78 is 0.902. The Morgan fingerprint density at radius 2 is 2.12 bits per heavy atom. The molecule has 0 bridgehead atoms.